The maximum Gasteiger partial charge on any atom is 0.240 e. The smallest absolute Gasteiger partial charge is 0.240 e. The normalized spacial score (nSPS) is 11.5. The molecule has 0 saturated carbocycles. The molecular formula is C21H24N2O3S3. The zero-order chi connectivity index (χ0) is 20.9. The van der Waals surface area contributed by atoms with Gasteiger partial charge in [0.2, 0.25) is 15.9 Å². The van der Waals surface area contributed by atoms with Crippen molar-refractivity contribution in [2.24, 2.45) is 0 Å². The van der Waals surface area contributed by atoms with Crippen molar-refractivity contribution in [2.45, 2.75) is 38.3 Å². The van der Waals surface area contributed by atoms with Crippen LogP contribution in [-0.4, -0.2) is 25.8 Å². The molecule has 0 atom stereocenters. The van der Waals surface area contributed by atoms with Gasteiger partial charge in [-0.2, -0.15) is 0 Å². The van der Waals surface area contributed by atoms with Crippen molar-refractivity contribution in [2.75, 3.05) is 6.54 Å². The summed E-state index contributed by atoms with van der Waals surface area (Å²) in [6, 6.07) is 13.0. The molecule has 2 aromatic heterocycles. The maximum atomic E-state index is 12.8. The second-order valence-electron chi connectivity index (χ2n) is 6.80. The minimum atomic E-state index is -3.64. The Kier molecular flexibility index (Phi) is 7.23. The standard InChI is InChI=1S/C21H24N2O3S3/c1-16-7-8-20(13-17(16)2)29(25,26)22-10-9-21(24)23(14-18-5-3-11-27-18)15-19-6-4-12-28-19/h3-8,11-13,22H,9-10,14-15H2,1-2H3. The van der Waals surface area contributed by atoms with Gasteiger partial charge < -0.3 is 4.90 Å². The Hall–Kier alpha value is -2.00. The zero-order valence-electron chi connectivity index (χ0n) is 16.4. The van der Waals surface area contributed by atoms with Gasteiger partial charge in [0, 0.05) is 22.7 Å². The van der Waals surface area contributed by atoms with Crippen molar-refractivity contribution >= 4 is 38.6 Å². The number of nitrogens with zero attached hydrogens (tertiary/aromatic N) is 1. The summed E-state index contributed by atoms with van der Waals surface area (Å²) in [4.78, 5) is 17.0. The van der Waals surface area contributed by atoms with E-state index in [-0.39, 0.29) is 23.8 Å². The molecule has 0 bridgehead atoms. The van der Waals surface area contributed by atoms with Crippen LogP contribution >= 0.6 is 22.7 Å². The van der Waals surface area contributed by atoms with Crippen molar-refractivity contribution in [3.05, 3.63) is 74.1 Å². The van der Waals surface area contributed by atoms with Crippen LogP contribution in [-0.2, 0) is 27.9 Å². The molecule has 1 aromatic carbocycles. The molecule has 0 aliphatic rings. The molecule has 29 heavy (non-hydrogen) atoms. The molecule has 1 amide bonds. The molecule has 0 spiro atoms. The molecule has 0 aliphatic heterocycles. The molecule has 1 N–H and O–H groups in total. The van der Waals surface area contributed by atoms with Gasteiger partial charge in [0.05, 0.1) is 18.0 Å². The first-order chi connectivity index (χ1) is 13.8. The third-order valence-corrected chi connectivity index (χ3v) is 7.81. The molecule has 8 heteroatoms. The summed E-state index contributed by atoms with van der Waals surface area (Å²) in [6.45, 7) is 4.94. The van der Waals surface area contributed by atoms with E-state index in [1.165, 1.54) is 0 Å². The molecule has 3 rings (SSSR count). The topological polar surface area (TPSA) is 66.5 Å². The Morgan fingerprint density at radius 1 is 0.966 bits per heavy atom. The molecule has 0 aliphatic carbocycles. The number of rotatable bonds is 9. The lowest BCUT2D eigenvalue weighted by molar-refractivity contribution is -0.132. The Morgan fingerprint density at radius 2 is 1.59 bits per heavy atom. The fourth-order valence-electron chi connectivity index (χ4n) is 2.83. The van der Waals surface area contributed by atoms with Crippen LogP contribution in [0.25, 0.3) is 0 Å². The second-order valence-corrected chi connectivity index (χ2v) is 10.6. The molecule has 5 nitrogen and oxygen atoms in total. The van der Waals surface area contributed by atoms with E-state index in [9.17, 15) is 13.2 Å². The van der Waals surface area contributed by atoms with Crippen LogP contribution in [0.1, 0.15) is 27.3 Å². The fraction of sp³-hybridized carbons (Fsp3) is 0.286. The molecule has 0 radical (unpaired) electrons. The third kappa shape index (κ3) is 5.99. The Labute approximate surface area is 180 Å². The van der Waals surface area contributed by atoms with Gasteiger partial charge in [-0.25, -0.2) is 13.1 Å². The summed E-state index contributed by atoms with van der Waals surface area (Å²) >= 11 is 3.21. The predicted molar refractivity (Wildman–Crippen MR) is 119 cm³/mol. The number of hydrogen-bond acceptors (Lipinski definition) is 5. The van der Waals surface area contributed by atoms with Crippen LogP contribution < -0.4 is 4.72 Å². The van der Waals surface area contributed by atoms with Crippen molar-refractivity contribution in [3.8, 4) is 0 Å². The number of thiophene rings is 2. The van der Waals surface area contributed by atoms with Crippen molar-refractivity contribution in [1.82, 2.24) is 9.62 Å². The van der Waals surface area contributed by atoms with Crippen molar-refractivity contribution in [1.29, 1.82) is 0 Å². The number of sulfonamides is 1. The van der Waals surface area contributed by atoms with Gasteiger partial charge >= 0.3 is 0 Å². The van der Waals surface area contributed by atoms with Gasteiger partial charge in [0.1, 0.15) is 0 Å². The maximum absolute atomic E-state index is 12.8. The van der Waals surface area contributed by atoms with Crippen LogP contribution in [0.5, 0.6) is 0 Å². The van der Waals surface area contributed by atoms with Crippen LogP contribution in [0, 0.1) is 13.8 Å². The van der Waals surface area contributed by atoms with E-state index < -0.39 is 10.0 Å². The molecular weight excluding hydrogens is 424 g/mol. The highest BCUT2D eigenvalue weighted by Gasteiger charge is 2.18. The molecule has 0 fully saturated rings. The van der Waals surface area contributed by atoms with E-state index in [0.717, 1.165) is 20.9 Å². The number of nitrogens with one attached hydrogen (secondary N) is 1. The lowest BCUT2D eigenvalue weighted by Gasteiger charge is -2.22. The van der Waals surface area contributed by atoms with Gasteiger partial charge in [0.15, 0.2) is 0 Å². The Morgan fingerprint density at radius 3 is 2.10 bits per heavy atom. The van der Waals surface area contributed by atoms with Crippen LogP contribution in [0.2, 0.25) is 0 Å². The van der Waals surface area contributed by atoms with E-state index in [1.807, 2.05) is 48.9 Å². The quantitative estimate of drug-likeness (QED) is 0.530. The summed E-state index contributed by atoms with van der Waals surface area (Å²) < 4.78 is 27.6. The van der Waals surface area contributed by atoms with E-state index in [4.69, 9.17) is 0 Å². The average molecular weight is 449 g/mol. The number of carbonyl (C=O) groups excluding carboxylic acids is 1. The molecule has 0 saturated heterocycles. The summed E-state index contributed by atoms with van der Waals surface area (Å²) in [7, 11) is -3.64. The fourth-order valence-corrected chi connectivity index (χ4v) is 5.38. The summed E-state index contributed by atoms with van der Waals surface area (Å²) in [6.07, 6.45) is 0.112. The summed E-state index contributed by atoms with van der Waals surface area (Å²) in [5, 5.41) is 3.97. The Bertz CT molecular complexity index is 1010. The van der Waals surface area contributed by atoms with E-state index >= 15 is 0 Å². The van der Waals surface area contributed by atoms with E-state index in [0.29, 0.717) is 13.1 Å². The van der Waals surface area contributed by atoms with Crippen LogP contribution in [0.15, 0.2) is 58.1 Å². The lowest BCUT2D eigenvalue weighted by Crippen LogP contribution is -2.33. The lowest BCUT2D eigenvalue weighted by atomic mass is 10.1. The molecule has 154 valence electrons. The number of carbonyl (C=O) groups is 1. The molecule has 0 unspecified atom stereocenters. The van der Waals surface area contributed by atoms with Gasteiger partial charge in [-0.3, -0.25) is 4.79 Å². The number of aryl methyl sites for hydroxylation is 2. The minimum Gasteiger partial charge on any atom is -0.332 e. The van der Waals surface area contributed by atoms with Gasteiger partial charge in [-0.15, -0.1) is 22.7 Å². The van der Waals surface area contributed by atoms with Crippen molar-refractivity contribution in [3.63, 3.8) is 0 Å². The molecule has 3 aromatic rings. The number of benzene rings is 1. The van der Waals surface area contributed by atoms with Gasteiger partial charge in [0.25, 0.3) is 0 Å². The summed E-state index contributed by atoms with van der Waals surface area (Å²) in [5.74, 6) is -0.0745. The van der Waals surface area contributed by atoms with E-state index in [2.05, 4.69) is 4.72 Å². The first-order valence-corrected chi connectivity index (χ1v) is 12.5. The first-order valence-electron chi connectivity index (χ1n) is 9.24. The SMILES string of the molecule is Cc1ccc(S(=O)(=O)NCCC(=O)N(Cc2cccs2)Cc2cccs2)cc1C. The predicted octanol–water partition coefficient (Wildman–Crippen LogP) is 4.32. The summed E-state index contributed by atoms with van der Waals surface area (Å²) in [5.41, 5.74) is 1.96. The van der Waals surface area contributed by atoms with Gasteiger partial charge in [-0.05, 0) is 60.0 Å². The number of amides is 1. The van der Waals surface area contributed by atoms with Crippen LogP contribution in [0.3, 0.4) is 0 Å². The highest BCUT2D eigenvalue weighted by atomic mass is 32.2. The average Bonchev–Trinajstić information content (AvgIpc) is 3.37. The second kappa shape index (κ2) is 9.67. The van der Waals surface area contributed by atoms with Gasteiger partial charge in [-0.1, -0.05) is 18.2 Å². The van der Waals surface area contributed by atoms with Crippen molar-refractivity contribution < 1.29 is 13.2 Å². The number of hydrogen-bond donors (Lipinski definition) is 1. The minimum absolute atomic E-state index is 0.0689. The highest BCUT2D eigenvalue weighted by Crippen LogP contribution is 2.18. The first kappa shape index (κ1) is 21.7. The highest BCUT2D eigenvalue weighted by molar-refractivity contribution is 7.89. The van der Waals surface area contributed by atoms with E-state index in [1.54, 1.807) is 45.8 Å². The monoisotopic (exact) mass is 448 g/mol. The zero-order valence-corrected chi connectivity index (χ0v) is 18.9. The van der Waals surface area contributed by atoms with Crippen LogP contribution in [0.4, 0.5) is 0 Å². The largest absolute Gasteiger partial charge is 0.332 e. The molecule has 2 heterocycles. The third-order valence-electron chi connectivity index (χ3n) is 4.63. The Balaban J connectivity index is 1.62.